The van der Waals surface area contributed by atoms with Crippen LogP contribution in [0.15, 0.2) is 78.9 Å². The summed E-state index contributed by atoms with van der Waals surface area (Å²) in [5, 5.41) is 2.13. The third-order valence-electron chi connectivity index (χ3n) is 8.07. The van der Waals surface area contributed by atoms with Gasteiger partial charge in [-0.25, -0.2) is 14.0 Å². The summed E-state index contributed by atoms with van der Waals surface area (Å²) < 4.78 is 32.9. The summed E-state index contributed by atoms with van der Waals surface area (Å²) in [4.78, 5) is 28.0. The SMILES string of the molecule is COC(=O)c1ccc(F)c(C2C[C@H](CN(C(=O)OC(C)(C)C)[C@H](C)c3cccc4ccccc34)Oc3ccccc32)c1C. The number of amides is 1. The lowest BCUT2D eigenvalue weighted by Gasteiger charge is -2.38. The molecular formula is C36H38FNO5. The van der Waals surface area contributed by atoms with Crippen LogP contribution in [0.3, 0.4) is 0 Å². The number of hydrogen-bond acceptors (Lipinski definition) is 5. The normalized spacial score (nSPS) is 17.0. The van der Waals surface area contributed by atoms with Gasteiger partial charge in [0.1, 0.15) is 23.3 Å². The molecule has 224 valence electrons. The van der Waals surface area contributed by atoms with Gasteiger partial charge in [-0.3, -0.25) is 4.90 Å². The number of benzene rings is 4. The minimum Gasteiger partial charge on any atom is -0.488 e. The van der Waals surface area contributed by atoms with Crippen molar-refractivity contribution in [2.75, 3.05) is 13.7 Å². The third kappa shape index (κ3) is 6.21. The number of carbonyl (C=O) groups is 2. The molecule has 0 aromatic heterocycles. The van der Waals surface area contributed by atoms with Crippen LogP contribution in [0.5, 0.6) is 5.75 Å². The Hall–Kier alpha value is -4.39. The van der Waals surface area contributed by atoms with Gasteiger partial charge in [-0.05, 0) is 86.7 Å². The van der Waals surface area contributed by atoms with Gasteiger partial charge in [-0.1, -0.05) is 60.7 Å². The van der Waals surface area contributed by atoms with Crippen molar-refractivity contribution < 1.29 is 28.2 Å². The molecule has 0 spiro atoms. The lowest BCUT2D eigenvalue weighted by atomic mass is 9.80. The highest BCUT2D eigenvalue weighted by Crippen LogP contribution is 2.43. The number of hydrogen-bond donors (Lipinski definition) is 0. The molecule has 1 amide bonds. The van der Waals surface area contributed by atoms with Crippen LogP contribution in [0, 0.1) is 12.7 Å². The number of fused-ring (bicyclic) bond motifs is 2. The molecule has 0 radical (unpaired) electrons. The van der Waals surface area contributed by atoms with Gasteiger partial charge in [0.25, 0.3) is 0 Å². The third-order valence-corrected chi connectivity index (χ3v) is 8.07. The highest BCUT2D eigenvalue weighted by molar-refractivity contribution is 5.91. The topological polar surface area (TPSA) is 65.1 Å². The van der Waals surface area contributed by atoms with Crippen molar-refractivity contribution in [3.05, 3.63) is 112 Å². The molecule has 6 nitrogen and oxygen atoms in total. The van der Waals surface area contributed by atoms with Crippen molar-refractivity contribution in [3.8, 4) is 5.75 Å². The number of para-hydroxylation sites is 1. The van der Waals surface area contributed by atoms with Crippen molar-refractivity contribution in [1.29, 1.82) is 0 Å². The number of rotatable bonds is 6. The second kappa shape index (κ2) is 12.1. The standard InChI is InChI=1S/C36H38FNO5/c1-22-26(34(39)41-6)18-19-31(37)33(22)30-20-25(42-32-17-10-9-15-29(30)32)21-38(35(40)43-36(3,4)5)23(2)27-16-11-13-24-12-7-8-14-28(24)27/h7-19,23,25,30H,20-21H2,1-6H3/t23-,25-,30?/m1/s1. The van der Waals surface area contributed by atoms with Crippen LogP contribution in [0.2, 0.25) is 0 Å². The van der Waals surface area contributed by atoms with Gasteiger partial charge in [0, 0.05) is 11.5 Å². The Morgan fingerprint density at radius 2 is 1.70 bits per heavy atom. The quantitative estimate of drug-likeness (QED) is 0.214. The molecule has 0 N–H and O–H groups in total. The maximum Gasteiger partial charge on any atom is 0.410 e. The van der Waals surface area contributed by atoms with Crippen molar-refractivity contribution in [3.63, 3.8) is 0 Å². The molecule has 0 aliphatic carbocycles. The molecule has 1 heterocycles. The van der Waals surface area contributed by atoms with Crippen LogP contribution in [-0.4, -0.2) is 42.3 Å². The Balaban J connectivity index is 1.55. The molecule has 4 aromatic carbocycles. The Morgan fingerprint density at radius 1 is 1.00 bits per heavy atom. The van der Waals surface area contributed by atoms with E-state index in [-0.39, 0.29) is 12.6 Å². The molecular weight excluding hydrogens is 545 g/mol. The van der Waals surface area contributed by atoms with Crippen molar-refractivity contribution in [2.45, 2.75) is 64.7 Å². The largest absolute Gasteiger partial charge is 0.488 e. The number of nitrogens with zero attached hydrogens (tertiary/aromatic N) is 1. The fourth-order valence-electron chi connectivity index (χ4n) is 6.05. The molecule has 0 saturated heterocycles. The second-order valence-electron chi connectivity index (χ2n) is 12.1. The Labute approximate surface area is 252 Å². The Bertz CT molecular complexity index is 1650. The van der Waals surface area contributed by atoms with E-state index >= 15 is 4.39 Å². The molecule has 0 bridgehead atoms. The van der Waals surface area contributed by atoms with E-state index in [1.54, 1.807) is 11.8 Å². The van der Waals surface area contributed by atoms with Gasteiger partial charge >= 0.3 is 12.1 Å². The fraction of sp³-hybridized carbons (Fsp3) is 0.333. The summed E-state index contributed by atoms with van der Waals surface area (Å²) in [5.41, 5.74) is 2.39. The number of methoxy groups -OCH3 is 1. The molecule has 1 aliphatic heterocycles. The number of halogens is 1. The van der Waals surface area contributed by atoms with Gasteiger partial charge < -0.3 is 14.2 Å². The summed E-state index contributed by atoms with van der Waals surface area (Å²) in [6.45, 7) is 9.47. The van der Waals surface area contributed by atoms with Crippen molar-refractivity contribution in [2.24, 2.45) is 0 Å². The molecule has 0 saturated carbocycles. The van der Waals surface area contributed by atoms with Crippen molar-refractivity contribution in [1.82, 2.24) is 4.90 Å². The van der Waals surface area contributed by atoms with Crippen LogP contribution in [0.1, 0.15) is 78.7 Å². The number of ether oxygens (including phenoxy) is 3. The smallest absolute Gasteiger partial charge is 0.410 e. The first-order chi connectivity index (χ1) is 20.5. The lowest BCUT2D eigenvalue weighted by Crippen LogP contribution is -2.45. The minimum atomic E-state index is -0.703. The molecule has 0 fully saturated rings. The predicted molar refractivity (Wildman–Crippen MR) is 165 cm³/mol. The summed E-state index contributed by atoms with van der Waals surface area (Å²) >= 11 is 0. The Kier molecular flexibility index (Phi) is 8.45. The average Bonchev–Trinajstić information content (AvgIpc) is 2.98. The van der Waals surface area contributed by atoms with E-state index in [2.05, 4.69) is 18.2 Å². The van der Waals surface area contributed by atoms with Gasteiger partial charge in [0.2, 0.25) is 0 Å². The first-order valence-corrected chi connectivity index (χ1v) is 14.6. The van der Waals surface area contributed by atoms with Crippen LogP contribution < -0.4 is 4.74 Å². The molecule has 3 atom stereocenters. The molecule has 4 aromatic rings. The zero-order chi connectivity index (χ0) is 30.9. The van der Waals surface area contributed by atoms with E-state index in [0.717, 1.165) is 21.9 Å². The van der Waals surface area contributed by atoms with E-state index < -0.39 is 35.5 Å². The van der Waals surface area contributed by atoms with Gasteiger partial charge in [0.15, 0.2) is 0 Å². The Morgan fingerprint density at radius 3 is 2.44 bits per heavy atom. The maximum atomic E-state index is 15.6. The zero-order valence-corrected chi connectivity index (χ0v) is 25.5. The zero-order valence-electron chi connectivity index (χ0n) is 25.5. The van der Waals surface area contributed by atoms with E-state index in [1.165, 1.54) is 19.2 Å². The molecule has 7 heteroatoms. The summed E-state index contributed by atoms with van der Waals surface area (Å²) in [7, 11) is 1.31. The van der Waals surface area contributed by atoms with Gasteiger partial charge in [-0.15, -0.1) is 0 Å². The van der Waals surface area contributed by atoms with E-state index in [9.17, 15) is 9.59 Å². The summed E-state index contributed by atoms with van der Waals surface area (Å²) in [6.07, 6.45) is -0.548. The number of carbonyl (C=O) groups excluding carboxylic acids is 2. The highest BCUT2D eigenvalue weighted by atomic mass is 19.1. The average molecular weight is 584 g/mol. The minimum absolute atomic E-state index is 0.210. The van der Waals surface area contributed by atoms with Crippen LogP contribution in [0.4, 0.5) is 9.18 Å². The summed E-state index contributed by atoms with van der Waals surface area (Å²) in [5.74, 6) is -0.713. The van der Waals surface area contributed by atoms with Crippen molar-refractivity contribution >= 4 is 22.8 Å². The monoisotopic (exact) mass is 583 g/mol. The molecule has 1 aliphatic rings. The van der Waals surface area contributed by atoms with Crippen LogP contribution >= 0.6 is 0 Å². The second-order valence-corrected chi connectivity index (χ2v) is 12.1. The predicted octanol–water partition coefficient (Wildman–Crippen LogP) is 8.36. The first-order valence-electron chi connectivity index (χ1n) is 14.6. The molecule has 1 unspecified atom stereocenters. The fourth-order valence-corrected chi connectivity index (χ4v) is 6.05. The van der Waals surface area contributed by atoms with Gasteiger partial charge in [-0.2, -0.15) is 0 Å². The van der Waals surface area contributed by atoms with Crippen LogP contribution in [-0.2, 0) is 9.47 Å². The first kappa shape index (κ1) is 30.1. The van der Waals surface area contributed by atoms with Crippen LogP contribution in [0.25, 0.3) is 10.8 Å². The van der Waals surface area contributed by atoms with E-state index in [0.29, 0.717) is 28.9 Å². The number of esters is 1. The maximum absolute atomic E-state index is 15.6. The lowest BCUT2D eigenvalue weighted by molar-refractivity contribution is 0.00564. The van der Waals surface area contributed by atoms with Gasteiger partial charge in [0.05, 0.1) is 25.3 Å². The molecule has 43 heavy (non-hydrogen) atoms. The van der Waals surface area contributed by atoms with E-state index in [1.807, 2.05) is 76.2 Å². The molecule has 5 rings (SSSR count). The summed E-state index contributed by atoms with van der Waals surface area (Å²) in [6, 6.07) is 24.1. The van der Waals surface area contributed by atoms with E-state index in [4.69, 9.17) is 14.2 Å². The highest BCUT2D eigenvalue weighted by Gasteiger charge is 2.37.